The van der Waals surface area contributed by atoms with Crippen LogP contribution < -0.4 is 10.6 Å². The fourth-order valence-corrected chi connectivity index (χ4v) is 3.57. The predicted octanol–water partition coefficient (Wildman–Crippen LogP) is 4.51. The summed E-state index contributed by atoms with van der Waals surface area (Å²) in [4.78, 5) is 24.4. The summed E-state index contributed by atoms with van der Waals surface area (Å²) in [6.45, 7) is 3.98. The third-order valence-electron chi connectivity index (χ3n) is 5.15. The van der Waals surface area contributed by atoms with Gasteiger partial charge in [0.1, 0.15) is 0 Å². The van der Waals surface area contributed by atoms with Gasteiger partial charge in [-0.1, -0.05) is 90.5 Å². The van der Waals surface area contributed by atoms with Gasteiger partial charge in [0, 0.05) is 19.4 Å². The highest BCUT2D eigenvalue weighted by Gasteiger charge is 2.19. The molecule has 0 spiro atoms. The lowest BCUT2D eigenvalue weighted by atomic mass is 9.91. The highest BCUT2D eigenvalue weighted by Crippen LogP contribution is 2.24. The summed E-state index contributed by atoms with van der Waals surface area (Å²) in [5.74, 6) is -0.180. The molecule has 4 nitrogen and oxygen atoms in total. The molecule has 30 heavy (non-hydrogen) atoms. The van der Waals surface area contributed by atoms with E-state index in [0.29, 0.717) is 6.54 Å². The zero-order chi connectivity index (χ0) is 21.3. The summed E-state index contributed by atoms with van der Waals surface area (Å²) < 4.78 is 0. The minimum absolute atomic E-state index is 0.0648. The van der Waals surface area contributed by atoms with Gasteiger partial charge in [-0.15, -0.1) is 0 Å². The standard InChI is InChI=1S/C26H28N2O2/c1-19-13-15-23(16-14-19)25(28-20(2)29)17-26(30)27-18-24(21-9-5-3-6-10-21)22-11-7-4-8-12-22/h3-16,24-25H,17-18H2,1-2H3,(H,27,30)(H,28,29). The Bertz CT molecular complexity index is 914. The van der Waals surface area contributed by atoms with E-state index in [9.17, 15) is 9.59 Å². The minimum atomic E-state index is -0.352. The van der Waals surface area contributed by atoms with Crippen molar-refractivity contribution >= 4 is 11.8 Å². The Balaban J connectivity index is 1.71. The van der Waals surface area contributed by atoms with E-state index in [1.807, 2.05) is 67.6 Å². The average Bonchev–Trinajstić information content (AvgIpc) is 2.75. The first kappa shape index (κ1) is 21.3. The molecule has 0 bridgehead atoms. The SMILES string of the molecule is CC(=O)NC(CC(=O)NCC(c1ccccc1)c1ccccc1)c1ccc(C)cc1. The highest BCUT2D eigenvalue weighted by molar-refractivity contribution is 5.79. The van der Waals surface area contributed by atoms with Crippen molar-refractivity contribution < 1.29 is 9.59 Å². The van der Waals surface area contributed by atoms with Gasteiger partial charge in [0.25, 0.3) is 0 Å². The molecule has 2 N–H and O–H groups in total. The van der Waals surface area contributed by atoms with E-state index in [1.165, 1.54) is 6.92 Å². The lowest BCUT2D eigenvalue weighted by Gasteiger charge is -2.21. The molecule has 3 aromatic carbocycles. The van der Waals surface area contributed by atoms with Gasteiger partial charge in [-0.25, -0.2) is 0 Å². The molecular formula is C26H28N2O2. The first-order chi connectivity index (χ1) is 14.5. The van der Waals surface area contributed by atoms with Crippen molar-refractivity contribution in [2.24, 2.45) is 0 Å². The number of nitrogens with one attached hydrogen (secondary N) is 2. The first-order valence-corrected chi connectivity index (χ1v) is 10.2. The van der Waals surface area contributed by atoms with Crippen molar-refractivity contribution in [2.75, 3.05) is 6.54 Å². The van der Waals surface area contributed by atoms with Crippen LogP contribution in [0.15, 0.2) is 84.9 Å². The van der Waals surface area contributed by atoms with Crippen LogP contribution in [-0.4, -0.2) is 18.4 Å². The van der Waals surface area contributed by atoms with Crippen molar-refractivity contribution in [1.82, 2.24) is 10.6 Å². The topological polar surface area (TPSA) is 58.2 Å². The van der Waals surface area contributed by atoms with Gasteiger partial charge >= 0.3 is 0 Å². The maximum absolute atomic E-state index is 12.8. The Kier molecular flexibility index (Phi) is 7.39. The molecule has 0 aliphatic rings. The van der Waals surface area contributed by atoms with Gasteiger partial charge in [-0.2, -0.15) is 0 Å². The second kappa shape index (κ2) is 10.4. The Morgan fingerprint density at radius 2 is 1.30 bits per heavy atom. The summed E-state index contributed by atoms with van der Waals surface area (Å²) in [6.07, 6.45) is 0.193. The Morgan fingerprint density at radius 3 is 1.80 bits per heavy atom. The fourth-order valence-electron chi connectivity index (χ4n) is 3.57. The van der Waals surface area contributed by atoms with Gasteiger partial charge in [-0.05, 0) is 23.6 Å². The number of hydrogen-bond donors (Lipinski definition) is 2. The molecule has 4 heteroatoms. The molecule has 0 fully saturated rings. The van der Waals surface area contributed by atoms with Crippen molar-refractivity contribution in [3.05, 3.63) is 107 Å². The zero-order valence-electron chi connectivity index (χ0n) is 17.5. The predicted molar refractivity (Wildman–Crippen MR) is 120 cm³/mol. The monoisotopic (exact) mass is 400 g/mol. The summed E-state index contributed by atoms with van der Waals surface area (Å²) in [5.41, 5.74) is 4.37. The molecule has 1 unspecified atom stereocenters. The van der Waals surface area contributed by atoms with E-state index in [2.05, 4.69) is 34.9 Å². The maximum Gasteiger partial charge on any atom is 0.222 e. The molecule has 3 rings (SSSR count). The minimum Gasteiger partial charge on any atom is -0.355 e. The molecular weight excluding hydrogens is 372 g/mol. The Morgan fingerprint density at radius 1 is 0.767 bits per heavy atom. The van der Waals surface area contributed by atoms with E-state index in [1.54, 1.807) is 0 Å². The van der Waals surface area contributed by atoms with Gasteiger partial charge in [0.05, 0.1) is 12.5 Å². The van der Waals surface area contributed by atoms with Gasteiger partial charge < -0.3 is 10.6 Å². The zero-order valence-corrected chi connectivity index (χ0v) is 17.5. The van der Waals surface area contributed by atoms with E-state index in [-0.39, 0.29) is 30.2 Å². The molecule has 1 atom stereocenters. The molecule has 2 amide bonds. The number of carbonyl (C=O) groups is 2. The second-order valence-electron chi connectivity index (χ2n) is 7.55. The van der Waals surface area contributed by atoms with Crippen molar-refractivity contribution in [3.8, 4) is 0 Å². The first-order valence-electron chi connectivity index (χ1n) is 10.2. The van der Waals surface area contributed by atoms with Crippen LogP contribution in [0.5, 0.6) is 0 Å². The molecule has 0 radical (unpaired) electrons. The van der Waals surface area contributed by atoms with Gasteiger partial charge in [0.15, 0.2) is 0 Å². The van der Waals surface area contributed by atoms with E-state index < -0.39 is 0 Å². The normalized spacial score (nSPS) is 11.7. The molecule has 0 aromatic heterocycles. The highest BCUT2D eigenvalue weighted by atomic mass is 16.2. The third kappa shape index (κ3) is 6.05. The molecule has 0 heterocycles. The van der Waals surface area contributed by atoms with Crippen molar-refractivity contribution in [3.63, 3.8) is 0 Å². The molecule has 0 saturated carbocycles. The summed E-state index contributed by atoms with van der Waals surface area (Å²) in [5, 5.41) is 5.97. The molecule has 154 valence electrons. The number of rotatable bonds is 8. The Hall–Kier alpha value is -3.40. The van der Waals surface area contributed by atoms with Crippen LogP contribution in [0.1, 0.15) is 47.6 Å². The molecule has 0 aliphatic heterocycles. The molecule has 0 saturated heterocycles. The van der Waals surface area contributed by atoms with Gasteiger partial charge in [-0.3, -0.25) is 9.59 Å². The van der Waals surface area contributed by atoms with E-state index in [4.69, 9.17) is 0 Å². The van der Waals surface area contributed by atoms with Crippen molar-refractivity contribution in [1.29, 1.82) is 0 Å². The van der Waals surface area contributed by atoms with Gasteiger partial charge in [0.2, 0.25) is 11.8 Å². The third-order valence-corrected chi connectivity index (χ3v) is 5.15. The lowest BCUT2D eigenvalue weighted by Crippen LogP contribution is -2.34. The summed E-state index contributed by atoms with van der Waals surface area (Å²) in [6, 6.07) is 27.9. The Labute approximate surface area is 178 Å². The fraction of sp³-hybridized carbons (Fsp3) is 0.231. The smallest absolute Gasteiger partial charge is 0.222 e. The van der Waals surface area contributed by atoms with Crippen LogP contribution in [0.2, 0.25) is 0 Å². The van der Waals surface area contributed by atoms with Crippen LogP contribution in [0.3, 0.4) is 0 Å². The molecule has 0 aliphatic carbocycles. The quantitative estimate of drug-likeness (QED) is 0.584. The number of amides is 2. The second-order valence-corrected chi connectivity index (χ2v) is 7.55. The number of benzene rings is 3. The average molecular weight is 401 g/mol. The van der Waals surface area contributed by atoms with E-state index in [0.717, 1.165) is 22.3 Å². The maximum atomic E-state index is 12.8. The van der Waals surface area contributed by atoms with Crippen LogP contribution >= 0.6 is 0 Å². The van der Waals surface area contributed by atoms with Crippen LogP contribution in [0.4, 0.5) is 0 Å². The lowest BCUT2D eigenvalue weighted by molar-refractivity contribution is -0.122. The van der Waals surface area contributed by atoms with Crippen LogP contribution in [0, 0.1) is 6.92 Å². The van der Waals surface area contributed by atoms with Crippen LogP contribution in [0.25, 0.3) is 0 Å². The van der Waals surface area contributed by atoms with Crippen LogP contribution in [-0.2, 0) is 9.59 Å². The van der Waals surface area contributed by atoms with Crippen molar-refractivity contribution in [2.45, 2.75) is 32.2 Å². The number of hydrogen-bond acceptors (Lipinski definition) is 2. The van der Waals surface area contributed by atoms with E-state index >= 15 is 0 Å². The summed E-state index contributed by atoms with van der Waals surface area (Å²) >= 11 is 0. The number of carbonyl (C=O) groups excluding carboxylic acids is 2. The largest absolute Gasteiger partial charge is 0.355 e. The summed E-state index contributed by atoms with van der Waals surface area (Å²) in [7, 11) is 0. The number of aryl methyl sites for hydroxylation is 1. The molecule has 3 aromatic rings.